The van der Waals surface area contributed by atoms with Gasteiger partial charge < -0.3 is 0 Å². The lowest BCUT2D eigenvalue weighted by molar-refractivity contribution is 0.483. The molecule has 1 rings (SSSR count). The van der Waals surface area contributed by atoms with Gasteiger partial charge in [-0.05, 0) is 24.6 Å². The van der Waals surface area contributed by atoms with Crippen LogP contribution in [0.1, 0.15) is 11.1 Å². The third-order valence-electron chi connectivity index (χ3n) is 1.66. The predicted molar refractivity (Wildman–Crippen MR) is 48.9 cm³/mol. The number of hydrogen-bond acceptors (Lipinski definition) is 2. The van der Waals surface area contributed by atoms with E-state index < -0.39 is 10.1 Å². The molecule has 0 heterocycles. The fraction of sp³-hybridized carbons (Fsp3) is 0.111. The van der Waals surface area contributed by atoms with Crippen molar-refractivity contribution >= 4 is 10.1 Å². The van der Waals surface area contributed by atoms with E-state index in [9.17, 15) is 8.42 Å². The van der Waals surface area contributed by atoms with Gasteiger partial charge >= 0.3 is 0 Å². The van der Waals surface area contributed by atoms with E-state index >= 15 is 0 Å². The van der Waals surface area contributed by atoms with Gasteiger partial charge in [-0.15, -0.1) is 6.42 Å². The highest BCUT2D eigenvalue weighted by molar-refractivity contribution is 7.85. The van der Waals surface area contributed by atoms with Crippen LogP contribution in [-0.4, -0.2) is 13.0 Å². The molecular weight excluding hydrogens is 188 g/mol. The van der Waals surface area contributed by atoms with Crippen molar-refractivity contribution in [3.8, 4) is 12.3 Å². The van der Waals surface area contributed by atoms with Crippen LogP contribution >= 0.6 is 0 Å². The van der Waals surface area contributed by atoms with Gasteiger partial charge in [0.05, 0.1) is 4.90 Å². The molecule has 1 aromatic rings. The van der Waals surface area contributed by atoms with Gasteiger partial charge in [-0.2, -0.15) is 8.42 Å². The molecule has 0 unspecified atom stereocenters. The molecule has 0 amide bonds. The summed E-state index contributed by atoms with van der Waals surface area (Å²) in [5.74, 6) is 2.33. The van der Waals surface area contributed by atoms with E-state index in [4.69, 9.17) is 11.0 Å². The largest absolute Gasteiger partial charge is 0.294 e. The van der Waals surface area contributed by atoms with Crippen molar-refractivity contribution in [1.82, 2.24) is 0 Å². The summed E-state index contributed by atoms with van der Waals surface area (Å²) in [7, 11) is -4.15. The first kappa shape index (κ1) is 9.78. The number of terminal acetylenes is 1. The highest BCUT2D eigenvalue weighted by Gasteiger charge is 2.09. The van der Waals surface area contributed by atoms with Gasteiger partial charge in [0.15, 0.2) is 0 Å². The highest BCUT2D eigenvalue weighted by atomic mass is 32.2. The molecule has 0 aliphatic heterocycles. The van der Waals surface area contributed by atoms with Crippen LogP contribution in [0.5, 0.6) is 0 Å². The Labute approximate surface area is 77.2 Å². The van der Waals surface area contributed by atoms with E-state index in [1.165, 1.54) is 12.1 Å². The van der Waals surface area contributed by atoms with Crippen molar-refractivity contribution in [3.05, 3.63) is 29.3 Å². The Morgan fingerprint density at radius 2 is 2.08 bits per heavy atom. The van der Waals surface area contributed by atoms with Crippen LogP contribution in [-0.2, 0) is 10.1 Å². The number of rotatable bonds is 1. The summed E-state index contributed by atoms with van der Waals surface area (Å²) in [5.41, 5.74) is 1.27. The third kappa shape index (κ3) is 2.08. The lowest BCUT2D eigenvalue weighted by Gasteiger charge is -2.00. The van der Waals surface area contributed by atoms with E-state index in [0.29, 0.717) is 5.56 Å². The van der Waals surface area contributed by atoms with E-state index in [2.05, 4.69) is 5.92 Å². The minimum absolute atomic E-state index is 0.175. The average molecular weight is 196 g/mol. The maximum atomic E-state index is 10.7. The molecule has 0 spiro atoms. The van der Waals surface area contributed by atoms with Crippen LogP contribution in [0.2, 0.25) is 0 Å². The van der Waals surface area contributed by atoms with E-state index in [1.807, 2.05) is 0 Å². The summed E-state index contributed by atoms with van der Waals surface area (Å²) < 4.78 is 30.1. The Hall–Kier alpha value is -1.31. The van der Waals surface area contributed by atoms with Crippen molar-refractivity contribution in [2.45, 2.75) is 11.8 Å². The normalized spacial score (nSPS) is 10.8. The molecule has 0 radical (unpaired) electrons. The molecule has 0 atom stereocenters. The summed E-state index contributed by atoms with van der Waals surface area (Å²) in [5, 5.41) is 0. The minimum Gasteiger partial charge on any atom is -0.282 e. The van der Waals surface area contributed by atoms with E-state index in [1.54, 1.807) is 13.0 Å². The fourth-order valence-electron chi connectivity index (χ4n) is 0.917. The standard InChI is InChI=1S/C9H8O3S/c1-3-8-6-9(13(10,11)12)5-4-7(8)2/h1,4-6H,2H3,(H,10,11,12). The summed E-state index contributed by atoms with van der Waals surface area (Å²) in [6.07, 6.45) is 5.14. The minimum atomic E-state index is -4.15. The second-order valence-corrected chi connectivity index (χ2v) is 4.02. The monoisotopic (exact) mass is 196 g/mol. The van der Waals surface area contributed by atoms with Crippen LogP contribution in [0.4, 0.5) is 0 Å². The molecule has 0 saturated heterocycles. The Morgan fingerprint density at radius 1 is 1.46 bits per heavy atom. The smallest absolute Gasteiger partial charge is 0.282 e. The summed E-state index contributed by atoms with van der Waals surface area (Å²) >= 11 is 0. The van der Waals surface area contributed by atoms with Gasteiger partial charge in [-0.25, -0.2) is 0 Å². The number of aryl methyl sites for hydroxylation is 1. The Kier molecular flexibility index (Phi) is 2.41. The molecule has 4 heteroatoms. The van der Waals surface area contributed by atoms with Crippen molar-refractivity contribution in [1.29, 1.82) is 0 Å². The second-order valence-electron chi connectivity index (χ2n) is 2.60. The quantitative estimate of drug-likeness (QED) is 0.542. The molecule has 0 aliphatic rings. The van der Waals surface area contributed by atoms with Gasteiger partial charge in [0.1, 0.15) is 0 Å². The van der Waals surface area contributed by atoms with Gasteiger partial charge in [-0.3, -0.25) is 4.55 Å². The Morgan fingerprint density at radius 3 is 2.54 bits per heavy atom. The second kappa shape index (κ2) is 3.21. The molecule has 1 N–H and O–H groups in total. The summed E-state index contributed by atoms with van der Waals surface area (Å²) in [6.45, 7) is 1.77. The van der Waals surface area contributed by atoms with Crippen LogP contribution < -0.4 is 0 Å². The van der Waals surface area contributed by atoms with Crippen LogP contribution in [0.25, 0.3) is 0 Å². The van der Waals surface area contributed by atoms with Crippen molar-refractivity contribution in [3.63, 3.8) is 0 Å². The zero-order valence-electron chi connectivity index (χ0n) is 6.98. The fourth-order valence-corrected chi connectivity index (χ4v) is 1.42. The lowest BCUT2D eigenvalue weighted by atomic mass is 10.1. The zero-order chi connectivity index (χ0) is 10.1. The van der Waals surface area contributed by atoms with Gasteiger partial charge in [0.25, 0.3) is 10.1 Å². The maximum Gasteiger partial charge on any atom is 0.294 e. The molecule has 1 aromatic carbocycles. The molecule has 68 valence electrons. The molecule has 0 bridgehead atoms. The molecule has 0 aromatic heterocycles. The molecule has 0 fully saturated rings. The van der Waals surface area contributed by atoms with Crippen LogP contribution in [0.15, 0.2) is 23.1 Å². The van der Waals surface area contributed by atoms with Crippen LogP contribution in [0.3, 0.4) is 0 Å². The first-order valence-electron chi connectivity index (χ1n) is 3.50. The highest BCUT2D eigenvalue weighted by Crippen LogP contribution is 2.14. The van der Waals surface area contributed by atoms with E-state index in [-0.39, 0.29) is 4.90 Å². The van der Waals surface area contributed by atoms with Crippen LogP contribution in [0, 0.1) is 19.3 Å². The zero-order valence-corrected chi connectivity index (χ0v) is 7.80. The molecule has 0 saturated carbocycles. The Bertz CT molecular complexity index is 466. The first-order valence-corrected chi connectivity index (χ1v) is 4.94. The maximum absolute atomic E-state index is 10.7. The number of hydrogen-bond donors (Lipinski definition) is 1. The predicted octanol–water partition coefficient (Wildman–Crippen LogP) is 1.22. The van der Waals surface area contributed by atoms with Gasteiger partial charge in [0, 0.05) is 5.56 Å². The lowest BCUT2D eigenvalue weighted by Crippen LogP contribution is -1.98. The molecular formula is C9H8O3S. The van der Waals surface area contributed by atoms with Gasteiger partial charge in [0.2, 0.25) is 0 Å². The molecule has 13 heavy (non-hydrogen) atoms. The van der Waals surface area contributed by atoms with Crippen molar-refractivity contribution in [2.24, 2.45) is 0 Å². The summed E-state index contributed by atoms with van der Waals surface area (Å²) in [6, 6.07) is 4.13. The SMILES string of the molecule is C#Cc1cc(S(=O)(=O)O)ccc1C. The average Bonchev–Trinajstić information content (AvgIpc) is 2.03. The van der Waals surface area contributed by atoms with Crippen molar-refractivity contribution < 1.29 is 13.0 Å². The third-order valence-corrected chi connectivity index (χ3v) is 2.51. The van der Waals surface area contributed by atoms with Gasteiger partial charge in [-0.1, -0.05) is 12.0 Å². The Balaban J connectivity index is 3.41. The van der Waals surface area contributed by atoms with Crippen molar-refractivity contribution in [2.75, 3.05) is 0 Å². The molecule has 0 aliphatic carbocycles. The first-order chi connectivity index (χ1) is 5.95. The van der Waals surface area contributed by atoms with E-state index in [0.717, 1.165) is 5.56 Å². The topological polar surface area (TPSA) is 54.4 Å². The number of benzene rings is 1. The summed E-state index contributed by atoms with van der Waals surface area (Å²) in [4.78, 5) is -0.175. The molecule has 3 nitrogen and oxygen atoms in total.